The van der Waals surface area contributed by atoms with Crippen LogP contribution in [0.3, 0.4) is 0 Å². The fraction of sp³-hybridized carbons (Fsp3) is 0.840. The number of hydrogen-bond acceptors (Lipinski definition) is 6. The van der Waals surface area contributed by atoms with Gasteiger partial charge in [-0.1, -0.05) is 6.92 Å². The Labute approximate surface area is 184 Å². The van der Waals surface area contributed by atoms with E-state index >= 15 is 0 Å². The monoisotopic (exact) mass is 432 g/mol. The van der Waals surface area contributed by atoms with E-state index in [1.54, 1.807) is 6.08 Å². The lowest BCUT2D eigenvalue weighted by molar-refractivity contribution is -0.250. The standard InChI is InChI=1S/C25H36O6/c1-3-30-17-4-9-23(15-26)19-5-8-22(2)18(16-12-21(27)31-14-16)7-11-25(22,29)20(19)6-10-24(23,28)13-17/h12,15,17-20,28-29H,3-11,13-14H2,1-2H3/t17-,18+,19?,20?,22+,23-,24-,25-/m0/s1. The molecule has 0 amide bonds. The Morgan fingerprint density at radius 2 is 1.90 bits per heavy atom. The fourth-order valence-electron chi connectivity index (χ4n) is 8.70. The number of fused-ring (bicyclic) bond motifs is 5. The first-order valence-corrected chi connectivity index (χ1v) is 12.1. The van der Waals surface area contributed by atoms with Crippen molar-refractivity contribution >= 4 is 12.3 Å². The van der Waals surface area contributed by atoms with Gasteiger partial charge in [0.1, 0.15) is 12.9 Å². The molecule has 1 aliphatic heterocycles. The Morgan fingerprint density at radius 1 is 1.13 bits per heavy atom. The van der Waals surface area contributed by atoms with Crippen LogP contribution in [0.5, 0.6) is 0 Å². The molecule has 0 bridgehead atoms. The number of cyclic esters (lactones) is 1. The Balaban J connectivity index is 1.47. The summed E-state index contributed by atoms with van der Waals surface area (Å²) in [7, 11) is 0. The molecule has 0 saturated heterocycles. The normalized spacial score (nSPS) is 51.4. The molecule has 2 N–H and O–H groups in total. The molecule has 6 nitrogen and oxygen atoms in total. The van der Waals surface area contributed by atoms with Crippen molar-refractivity contribution in [1.82, 2.24) is 0 Å². The molecule has 31 heavy (non-hydrogen) atoms. The van der Waals surface area contributed by atoms with Gasteiger partial charge in [-0.05, 0) is 81.6 Å². The number of carbonyl (C=O) groups is 2. The third-order valence-corrected chi connectivity index (χ3v) is 10.2. The number of aldehydes is 1. The van der Waals surface area contributed by atoms with E-state index in [0.29, 0.717) is 38.9 Å². The minimum atomic E-state index is -1.05. The number of hydrogen-bond donors (Lipinski definition) is 2. The Kier molecular flexibility index (Phi) is 4.97. The summed E-state index contributed by atoms with van der Waals surface area (Å²) in [6.45, 7) is 5.09. The largest absolute Gasteiger partial charge is 0.458 e. The van der Waals surface area contributed by atoms with E-state index in [2.05, 4.69) is 6.92 Å². The van der Waals surface area contributed by atoms with Crippen LogP contribution in [0.2, 0.25) is 0 Å². The van der Waals surface area contributed by atoms with Gasteiger partial charge in [-0.3, -0.25) is 0 Å². The van der Waals surface area contributed by atoms with Crippen LogP contribution in [-0.2, 0) is 19.1 Å². The molecular formula is C25H36O6. The quantitative estimate of drug-likeness (QED) is 0.524. The van der Waals surface area contributed by atoms with Crippen LogP contribution in [0.15, 0.2) is 11.6 Å². The first-order chi connectivity index (χ1) is 14.7. The summed E-state index contributed by atoms with van der Waals surface area (Å²) in [5, 5.41) is 24.0. The molecule has 4 fully saturated rings. The van der Waals surface area contributed by atoms with E-state index in [4.69, 9.17) is 9.47 Å². The Morgan fingerprint density at radius 3 is 2.58 bits per heavy atom. The van der Waals surface area contributed by atoms with Gasteiger partial charge in [-0.15, -0.1) is 0 Å². The number of esters is 1. The predicted octanol–water partition coefficient (Wildman–Crippen LogP) is 2.94. The molecule has 0 spiro atoms. The van der Waals surface area contributed by atoms with Crippen molar-refractivity contribution in [3.05, 3.63) is 11.6 Å². The van der Waals surface area contributed by atoms with E-state index in [0.717, 1.165) is 44.0 Å². The van der Waals surface area contributed by atoms with Crippen molar-refractivity contribution in [1.29, 1.82) is 0 Å². The third kappa shape index (κ3) is 2.74. The van der Waals surface area contributed by atoms with Gasteiger partial charge in [0, 0.05) is 24.5 Å². The minimum Gasteiger partial charge on any atom is -0.458 e. The van der Waals surface area contributed by atoms with Crippen LogP contribution in [0.4, 0.5) is 0 Å². The van der Waals surface area contributed by atoms with E-state index < -0.39 is 16.6 Å². The van der Waals surface area contributed by atoms with Crippen LogP contribution in [0, 0.1) is 28.6 Å². The smallest absolute Gasteiger partial charge is 0.331 e. The van der Waals surface area contributed by atoms with Crippen molar-refractivity contribution in [2.45, 2.75) is 88.9 Å². The number of rotatable bonds is 4. The first-order valence-electron chi connectivity index (χ1n) is 12.1. The van der Waals surface area contributed by atoms with Crippen molar-refractivity contribution in [3.63, 3.8) is 0 Å². The molecule has 4 aliphatic carbocycles. The highest BCUT2D eigenvalue weighted by atomic mass is 16.5. The minimum absolute atomic E-state index is 0.000676. The molecule has 0 aromatic carbocycles. The van der Waals surface area contributed by atoms with Crippen molar-refractivity contribution < 1.29 is 29.3 Å². The van der Waals surface area contributed by atoms with Gasteiger partial charge in [-0.25, -0.2) is 4.79 Å². The number of ether oxygens (including phenoxy) is 2. The molecule has 5 rings (SSSR count). The second-order valence-electron chi connectivity index (χ2n) is 11.1. The number of carbonyl (C=O) groups excluding carboxylic acids is 2. The zero-order valence-corrected chi connectivity index (χ0v) is 18.8. The molecule has 2 unspecified atom stereocenters. The first kappa shape index (κ1) is 21.6. The Hall–Kier alpha value is -1.24. The number of aliphatic hydroxyl groups is 2. The van der Waals surface area contributed by atoms with Crippen LogP contribution in [0.25, 0.3) is 0 Å². The van der Waals surface area contributed by atoms with Crippen LogP contribution in [0.1, 0.15) is 71.6 Å². The van der Waals surface area contributed by atoms with Gasteiger partial charge in [0.25, 0.3) is 0 Å². The molecule has 172 valence electrons. The lowest BCUT2D eigenvalue weighted by Gasteiger charge is -2.65. The average Bonchev–Trinajstić information content (AvgIpc) is 3.27. The second kappa shape index (κ2) is 7.13. The van der Waals surface area contributed by atoms with Gasteiger partial charge in [0.05, 0.1) is 22.7 Å². The molecule has 5 aliphatic rings. The van der Waals surface area contributed by atoms with Gasteiger partial charge in [0.2, 0.25) is 0 Å². The fourth-order valence-corrected chi connectivity index (χ4v) is 8.70. The molecule has 1 heterocycles. The summed E-state index contributed by atoms with van der Waals surface area (Å²) >= 11 is 0. The van der Waals surface area contributed by atoms with E-state index in [9.17, 15) is 19.8 Å². The van der Waals surface area contributed by atoms with Crippen molar-refractivity contribution in [2.75, 3.05) is 13.2 Å². The molecule has 4 saturated carbocycles. The maximum Gasteiger partial charge on any atom is 0.331 e. The highest BCUT2D eigenvalue weighted by Crippen LogP contribution is 2.70. The second-order valence-corrected chi connectivity index (χ2v) is 11.1. The topological polar surface area (TPSA) is 93.1 Å². The van der Waals surface area contributed by atoms with Crippen LogP contribution in [-0.4, -0.2) is 53.0 Å². The third-order valence-electron chi connectivity index (χ3n) is 10.2. The summed E-state index contributed by atoms with van der Waals surface area (Å²) in [5.74, 6) is -0.175. The van der Waals surface area contributed by atoms with Crippen molar-refractivity contribution in [3.8, 4) is 0 Å². The summed E-state index contributed by atoms with van der Waals surface area (Å²) in [6, 6.07) is 0. The van der Waals surface area contributed by atoms with E-state index in [1.165, 1.54) is 0 Å². The summed E-state index contributed by atoms with van der Waals surface area (Å²) in [5.41, 5.74) is -2.07. The van der Waals surface area contributed by atoms with Gasteiger partial charge >= 0.3 is 5.97 Å². The van der Waals surface area contributed by atoms with E-state index in [-0.39, 0.29) is 35.2 Å². The molecular weight excluding hydrogens is 396 g/mol. The highest BCUT2D eigenvalue weighted by Gasteiger charge is 2.71. The zero-order chi connectivity index (χ0) is 22.1. The summed E-state index contributed by atoms with van der Waals surface area (Å²) < 4.78 is 11.0. The lowest BCUT2D eigenvalue weighted by Crippen LogP contribution is -2.68. The molecule has 0 radical (unpaired) electrons. The maximum atomic E-state index is 12.7. The predicted molar refractivity (Wildman–Crippen MR) is 113 cm³/mol. The molecule has 0 aromatic heterocycles. The molecule has 8 atom stereocenters. The maximum absolute atomic E-state index is 12.7. The summed E-state index contributed by atoms with van der Waals surface area (Å²) in [4.78, 5) is 24.4. The average molecular weight is 433 g/mol. The zero-order valence-electron chi connectivity index (χ0n) is 18.8. The van der Waals surface area contributed by atoms with E-state index in [1.807, 2.05) is 6.92 Å². The van der Waals surface area contributed by atoms with Gasteiger partial charge in [-0.2, -0.15) is 0 Å². The van der Waals surface area contributed by atoms with Crippen LogP contribution < -0.4 is 0 Å². The Bertz CT molecular complexity index is 808. The van der Waals surface area contributed by atoms with Gasteiger partial charge in [0.15, 0.2) is 0 Å². The highest BCUT2D eigenvalue weighted by molar-refractivity contribution is 5.85. The SMILES string of the molecule is CCO[C@H]1CC[C@]2(C=O)C3CC[C@]4(C)[C@@H](C5=CC(=O)OC5)CC[C@]4(O)C3CC[C@]2(O)C1. The van der Waals surface area contributed by atoms with Crippen molar-refractivity contribution in [2.24, 2.45) is 28.6 Å². The molecule has 6 heteroatoms. The molecule has 0 aromatic rings. The van der Waals surface area contributed by atoms with Crippen LogP contribution >= 0.6 is 0 Å². The lowest BCUT2D eigenvalue weighted by atomic mass is 9.41. The summed E-state index contributed by atoms with van der Waals surface area (Å²) in [6.07, 6.45) is 8.96. The van der Waals surface area contributed by atoms with Gasteiger partial charge < -0.3 is 24.5 Å².